The third kappa shape index (κ3) is 8.02. The van der Waals surface area contributed by atoms with Crippen molar-refractivity contribution in [2.24, 2.45) is 0 Å². The zero-order chi connectivity index (χ0) is 19.9. The van der Waals surface area contributed by atoms with E-state index < -0.39 is 21.2 Å². The molecule has 0 aliphatic carbocycles. The van der Waals surface area contributed by atoms with Crippen LogP contribution in [0.25, 0.3) is 12.2 Å². The smallest absolute Gasteiger partial charge is 0.306 e. The van der Waals surface area contributed by atoms with E-state index in [-0.39, 0.29) is 11.5 Å². The molecule has 8 heteroatoms. The van der Waals surface area contributed by atoms with Gasteiger partial charge in [0, 0.05) is 6.26 Å². The van der Waals surface area contributed by atoms with Gasteiger partial charge < -0.3 is 8.37 Å². The standard InChI is InChI=1S/C19H18O6S2/c1-26(21)24-18-7-3-5-15(13-18)9-11-17(20)12-10-16-6-4-8-19(14-16)25-27(2,22)23/h3-14H,1-2H3/b11-9+,12-10+. The molecule has 2 rings (SSSR count). The summed E-state index contributed by atoms with van der Waals surface area (Å²) in [5.41, 5.74) is 1.35. The summed E-state index contributed by atoms with van der Waals surface area (Å²) in [5, 5.41) is 0. The van der Waals surface area contributed by atoms with Crippen LogP contribution in [0.1, 0.15) is 11.1 Å². The average Bonchev–Trinajstić information content (AvgIpc) is 2.57. The van der Waals surface area contributed by atoms with Crippen molar-refractivity contribution in [1.29, 1.82) is 0 Å². The fraction of sp³-hybridized carbons (Fsp3) is 0.105. The molecule has 27 heavy (non-hydrogen) atoms. The molecule has 1 unspecified atom stereocenters. The molecule has 0 saturated heterocycles. The van der Waals surface area contributed by atoms with Crippen molar-refractivity contribution in [1.82, 2.24) is 0 Å². The highest BCUT2D eigenvalue weighted by atomic mass is 32.2. The third-order valence-electron chi connectivity index (χ3n) is 3.06. The first kappa shape index (κ1) is 20.6. The van der Waals surface area contributed by atoms with E-state index in [0.717, 1.165) is 11.8 Å². The topological polar surface area (TPSA) is 86.7 Å². The van der Waals surface area contributed by atoms with Gasteiger partial charge in [0.2, 0.25) is 11.1 Å². The van der Waals surface area contributed by atoms with E-state index in [1.165, 1.54) is 30.5 Å². The Kier molecular flexibility index (Phi) is 7.09. The molecule has 0 radical (unpaired) electrons. The lowest BCUT2D eigenvalue weighted by Gasteiger charge is -2.03. The Morgan fingerprint density at radius 2 is 1.48 bits per heavy atom. The maximum Gasteiger partial charge on any atom is 0.306 e. The molecule has 0 bridgehead atoms. The van der Waals surface area contributed by atoms with E-state index in [2.05, 4.69) is 0 Å². The molecule has 142 valence electrons. The van der Waals surface area contributed by atoms with Gasteiger partial charge in [0.25, 0.3) is 0 Å². The molecule has 1 atom stereocenters. The van der Waals surface area contributed by atoms with Crippen LogP contribution in [0.4, 0.5) is 0 Å². The van der Waals surface area contributed by atoms with Gasteiger partial charge in [-0.15, -0.1) is 0 Å². The molecule has 0 saturated carbocycles. The summed E-state index contributed by atoms with van der Waals surface area (Å²) in [6.45, 7) is 0. The van der Waals surface area contributed by atoms with Crippen molar-refractivity contribution in [2.45, 2.75) is 0 Å². The van der Waals surface area contributed by atoms with E-state index in [1.807, 2.05) is 0 Å². The van der Waals surface area contributed by atoms with Gasteiger partial charge in [0.05, 0.1) is 6.26 Å². The Hall–Kier alpha value is -2.71. The molecule has 0 aliphatic heterocycles. The Morgan fingerprint density at radius 3 is 2.00 bits per heavy atom. The lowest BCUT2D eigenvalue weighted by molar-refractivity contribution is -0.110. The summed E-state index contributed by atoms with van der Waals surface area (Å²) >= 11 is -1.42. The molecule has 0 aromatic heterocycles. The highest BCUT2D eigenvalue weighted by Crippen LogP contribution is 2.17. The summed E-state index contributed by atoms with van der Waals surface area (Å²) in [5.74, 6) is 0.367. The summed E-state index contributed by atoms with van der Waals surface area (Å²) < 4.78 is 43.3. The van der Waals surface area contributed by atoms with E-state index in [0.29, 0.717) is 11.3 Å². The zero-order valence-electron chi connectivity index (χ0n) is 14.7. The Morgan fingerprint density at radius 1 is 0.963 bits per heavy atom. The molecule has 0 fully saturated rings. The van der Waals surface area contributed by atoms with Gasteiger partial charge in [-0.25, -0.2) is 4.21 Å². The van der Waals surface area contributed by atoms with Gasteiger partial charge in [-0.3, -0.25) is 4.79 Å². The van der Waals surface area contributed by atoms with Crippen LogP contribution in [0.2, 0.25) is 0 Å². The Bertz CT molecular complexity index is 1010. The Balaban J connectivity index is 2.04. The first-order valence-corrected chi connectivity index (χ1v) is 11.0. The maximum absolute atomic E-state index is 12.0. The molecule has 0 amide bonds. The highest BCUT2D eigenvalue weighted by molar-refractivity contribution is 7.86. The lowest BCUT2D eigenvalue weighted by Crippen LogP contribution is -2.05. The number of ketones is 1. The molecule has 0 aliphatic rings. The zero-order valence-corrected chi connectivity index (χ0v) is 16.3. The lowest BCUT2D eigenvalue weighted by atomic mass is 10.1. The van der Waals surface area contributed by atoms with Crippen LogP contribution in [0.3, 0.4) is 0 Å². The number of carbonyl (C=O) groups excluding carboxylic acids is 1. The summed E-state index contributed by atoms with van der Waals surface area (Å²) in [7, 11) is -3.61. The minimum absolute atomic E-state index is 0.174. The second-order valence-electron chi connectivity index (χ2n) is 5.49. The predicted octanol–water partition coefficient (Wildman–Crippen LogP) is 2.99. The number of benzene rings is 2. The number of hydrogen-bond donors (Lipinski definition) is 0. The first-order valence-electron chi connectivity index (χ1n) is 7.73. The third-order valence-corrected chi connectivity index (χ3v) is 3.98. The number of allylic oxidation sites excluding steroid dienone is 2. The number of hydrogen-bond acceptors (Lipinski definition) is 6. The largest absolute Gasteiger partial charge is 0.401 e. The fourth-order valence-corrected chi connectivity index (χ4v) is 2.89. The van der Waals surface area contributed by atoms with Crippen molar-refractivity contribution in [3.05, 3.63) is 71.8 Å². The molecular weight excluding hydrogens is 388 g/mol. The van der Waals surface area contributed by atoms with Crippen LogP contribution in [0.5, 0.6) is 11.5 Å². The van der Waals surface area contributed by atoms with Crippen LogP contribution in [0.15, 0.2) is 60.7 Å². The second kappa shape index (κ2) is 9.29. The van der Waals surface area contributed by atoms with Crippen LogP contribution in [-0.2, 0) is 26.0 Å². The van der Waals surface area contributed by atoms with Crippen LogP contribution < -0.4 is 8.37 Å². The van der Waals surface area contributed by atoms with Gasteiger partial charge in [0.15, 0.2) is 5.78 Å². The normalized spacial score (nSPS) is 13.0. The molecule has 6 nitrogen and oxygen atoms in total. The van der Waals surface area contributed by atoms with Crippen molar-refractivity contribution in [2.75, 3.05) is 12.5 Å². The van der Waals surface area contributed by atoms with Crippen LogP contribution in [-0.4, -0.2) is 30.9 Å². The maximum atomic E-state index is 12.0. The minimum atomic E-state index is -3.61. The van der Waals surface area contributed by atoms with E-state index in [9.17, 15) is 17.4 Å². The van der Waals surface area contributed by atoms with E-state index in [1.54, 1.807) is 48.6 Å². The van der Waals surface area contributed by atoms with Gasteiger partial charge in [-0.2, -0.15) is 8.42 Å². The number of carbonyl (C=O) groups is 1. The van der Waals surface area contributed by atoms with E-state index in [4.69, 9.17) is 8.37 Å². The van der Waals surface area contributed by atoms with Gasteiger partial charge >= 0.3 is 10.1 Å². The first-order chi connectivity index (χ1) is 12.7. The molecule has 2 aromatic carbocycles. The van der Waals surface area contributed by atoms with Gasteiger partial charge in [-0.1, -0.05) is 36.4 Å². The molecular formula is C19H18O6S2. The van der Waals surface area contributed by atoms with E-state index >= 15 is 0 Å². The van der Waals surface area contributed by atoms with Crippen molar-refractivity contribution >= 4 is 39.1 Å². The van der Waals surface area contributed by atoms with Crippen molar-refractivity contribution in [3.8, 4) is 11.5 Å². The molecule has 0 N–H and O–H groups in total. The number of rotatable bonds is 8. The van der Waals surface area contributed by atoms with Crippen LogP contribution in [0, 0.1) is 0 Å². The SMILES string of the molecule is CS(=O)Oc1cccc(/C=C/C(=O)/C=C/c2cccc(OS(C)(=O)=O)c2)c1. The van der Waals surface area contributed by atoms with Crippen molar-refractivity contribution in [3.63, 3.8) is 0 Å². The average molecular weight is 406 g/mol. The predicted molar refractivity (Wildman–Crippen MR) is 106 cm³/mol. The monoisotopic (exact) mass is 406 g/mol. The fourth-order valence-electron chi connectivity index (χ4n) is 2.06. The van der Waals surface area contributed by atoms with Crippen LogP contribution >= 0.6 is 0 Å². The Labute approximate surface area is 160 Å². The summed E-state index contributed by atoms with van der Waals surface area (Å²) in [6, 6.07) is 13.2. The van der Waals surface area contributed by atoms with Crippen molar-refractivity contribution < 1.29 is 25.8 Å². The molecule has 2 aromatic rings. The quantitative estimate of drug-likeness (QED) is 0.495. The van der Waals surface area contributed by atoms with Gasteiger partial charge in [-0.05, 0) is 47.5 Å². The summed E-state index contributed by atoms with van der Waals surface area (Å²) in [6.07, 6.45) is 8.30. The second-order valence-corrected chi connectivity index (χ2v) is 8.03. The van der Waals surface area contributed by atoms with Gasteiger partial charge in [0.1, 0.15) is 11.5 Å². The molecule has 0 spiro atoms. The highest BCUT2D eigenvalue weighted by Gasteiger charge is 2.04. The summed E-state index contributed by atoms with van der Waals surface area (Å²) in [4.78, 5) is 12.0. The molecule has 0 heterocycles. The minimum Gasteiger partial charge on any atom is -0.401 e.